The number of anilines is 1. The molecule has 0 aliphatic carbocycles. The van der Waals surface area contributed by atoms with Crippen molar-refractivity contribution in [3.05, 3.63) is 50.7 Å². The first-order valence-corrected chi connectivity index (χ1v) is 10.6. The lowest BCUT2D eigenvalue weighted by molar-refractivity contribution is 0.496. The zero-order chi connectivity index (χ0) is 23.0. The van der Waals surface area contributed by atoms with Gasteiger partial charge in [-0.3, -0.25) is 18.9 Å². The molecule has 1 aliphatic heterocycles. The molecule has 4 rings (SSSR count). The maximum atomic E-state index is 13.6. The molecule has 1 fully saturated rings. The van der Waals surface area contributed by atoms with Crippen LogP contribution in [0.5, 0.6) is 0 Å². The van der Waals surface area contributed by atoms with Gasteiger partial charge in [-0.05, 0) is 38.8 Å². The van der Waals surface area contributed by atoms with Crippen LogP contribution in [-0.2, 0) is 13.6 Å². The Hall–Kier alpha value is -3.45. The monoisotopic (exact) mass is 439 g/mol. The first-order chi connectivity index (χ1) is 15.3. The molecule has 0 amide bonds. The van der Waals surface area contributed by atoms with Gasteiger partial charge in [-0.15, -0.1) is 5.92 Å². The number of imidazole rings is 1. The molecule has 2 atom stereocenters. The number of hydrogen-bond donors (Lipinski definition) is 1. The second-order valence-corrected chi connectivity index (χ2v) is 8.04. The van der Waals surface area contributed by atoms with E-state index < -0.39 is 23.1 Å². The maximum Gasteiger partial charge on any atom is 0.333 e. The van der Waals surface area contributed by atoms with E-state index in [1.54, 1.807) is 25.5 Å². The van der Waals surface area contributed by atoms with Crippen molar-refractivity contribution in [3.63, 3.8) is 0 Å². The van der Waals surface area contributed by atoms with Gasteiger partial charge in [0.25, 0.3) is 5.56 Å². The second-order valence-electron chi connectivity index (χ2n) is 8.04. The van der Waals surface area contributed by atoms with E-state index >= 15 is 0 Å². The molecule has 168 valence electrons. The number of aromatic nitrogens is 5. The van der Waals surface area contributed by atoms with E-state index in [-0.39, 0.29) is 18.1 Å². The summed E-state index contributed by atoms with van der Waals surface area (Å²) in [5.41, 5.74) is 6.16. The van der Waals surface area contributed by atoms with E-state index in [2.05, 4.69) is 21.8 Å². The van der Waals surface area contributed by atoms with Crippen molar-refractivity contribution < 1.29 is 4.39 Å². The lowest BCUT2D eigenvalue weighted by atomic mass is 10.1. The molecular weight excluding hydrogens is 413 g/mol. The quantitative estimate of drug-likeness (QED) is 0.608. The number of nitrogens with two attached hydrogens (primary N) is 1. The van der Waals surface area contributed by atoms with Gasteiger partial charge in [-0.1, -0.05) is 5.92 Å². The highest BCUT2D eigenvalue weighted by Crippen LogP contribution is 2.23. The van der Waals surface area contributed by atoms with Crippen LogP contribution >= 0.6 is 0 Å². The third kappa shape index (κ3) is 3.69. The minimum Gasteiger partial charge on any atom is -0.341 e. The molecule has 1 saturated heterocycles. The van der Waals surface area contributed by atoms with E-state index in [0.29, 0.717) is 23.8 Å². The average molecular weight is 439 g/mol. The van der Waals surface area contributed by atoms with Crippen LogP contribution < -0.4 is 21.9 Å². The highest BCUT2D eigenvalue weighted by Gasteiger charge is 2.27. The van der Waals surface area contributed by atoms with Gasteiger partial charge in [0.1, 0.15) is 5.82 Å². The second kappa shape index (κ2) is 8.59. The van der Waals surface area contributed by atoms with E-state index in [1.807, 2.05) is 4.90 Å². The van der Waals surface area contributed by atoms with Gasteiger partial charge in [0.05, 0.1) is 24.5 Å². The van der Waals surface area contributed by atoms with Gasteiger partial charge < -0.3 is 10.6 Å². The molecule has 0 spiro atoms. The van der Waals surface area contributed by atoms with Crippen LogP contribution in [0.4, 0.5) is 10.3 Å². The predicted molar refractivity (Wildman–Crippen MR) is 120 cm³/mol. The van der Waals surface area contributed by atoms with Gasteiger partial charge >= 0.3 is 5.69 Å². The van der Waals surface area contributed by atoms with E-state index in [1.165, 1.54) is 16.7 Å². The molecule has 0 saturated carbocycles. The van der Waals surface area contributed by atoms with Crippen LogP contribution in [-0.4, -0.2) is 42.8 Å². The van der Waals surface area contributed by atoms with Crippen molar-refractivity contribution in [2.75, 3.05) is 18.0 Å². The third-order valence-electron chi connectivity index (χ3n) is 5.88. The molecule has 0 radical (unpaired) electrons. The molecule has 1 unspecified atom stereocenters. The van der Waals surface area contributed by atoms with Crippen LogP contribution in [0.25, 0.3) is 11.2 Å². The molecule has 2 N–H and O–H groups in total. The number of rotatable bonds is 4. The van der Waals surface area contributed by atoms with E-state index in [4.69, 9.17) is 5.73 Å². The average Bonchev–Trinajstić information content (AvgIpc) is 3.16. The van der Waals surface area contributed by atoms with Gasteiger partial charge in [0.15, 0.2) is 11.2 Å². The number of nitrogens with zero attached hydrogens (tertiary/aromatic N) is 6. The largest absolute Gasteiger partial charge is 0.341 e. The van der Waals surface area contributed by atoms with E-state index in [0.717, 1.165) is 30.2 Å². The van der Waals surface area contributed by atoms with Crippen molar-refractivity contribution in [1.29, 1.82) is 0 Å². The lowest BCUT2D eigenvalue weighted by Crippen LogP contribution is -2.44. The summed E-state index contributed by atoms with van der Waals surface area (Å²) in [5.74, 6) is 5.96. The Bertz CT molecular complexity index is 1330. The first-order valence-electron chi connectivity index (χ1n) is 10.6. The van der Waals surface area contributed by atoms with Crippen molar-refractivity contribution >= 4 is 17.1 Å². The fraction of sp³-hybridized carbons (Fsp3) is 0.455. The smallest absolute Gasteiger partial charge is 0.333 e. The van der Waals surface area contributed by atoms with Crippen molar-refractivity contribution in [2.24, 2.45) is 12.8 Å². The van der Waals surface area contributed by atoms with Crippen LogP contribution in [0, 0.1) is 17.7 Å². The third-order valence-corrected chi connectivity index (χ3v) is 5.88. The van der Waals surface area contributed by atoms with Gasteiger partial charge in [0.2, 0.25) is 5.95 Å². The Morgan fingerprint density at radius 2 is 2.12 bits per heavy atom. The number of halogens is 1. The van der Waals surface area contributed by atoms with Crippen molar-refractivity contribution in [3.8, 4) is 11.8 Å². The Kier molecular flexibility index (Phi) is 5.84. The summed E-state index contributed by atoms with van der Waals surface area (Å²) in [6.45, 7) is 5.04. The van der Waals surface area contributed by atoms with Crippen LogP contribution in [0.15, 0.2) is 27.9 Å². The lowest BCUT2D eigenvalue weighted by Gasteiger charge is -2.31. The number of fused-ring (bicyclic) bond motifs is 1. The Labute approximate surface area is 184 Å². The van der Waals surface area contributed by atoms with Gasteiger partial charge in [-0.25, -0.2) is 13.8 Å². The van der Waals surface area contributed by atoms with Crippen LogP contribution in [0.3, 0.4) is 0 Å². The Morgan fingerprint density at radius 1 is 1.34 bits per heavy atom. The molecule has 10 heteroatoms. The molecular formula is C22H26FN7O2. The summed E-state index contributed by atoms with van der Waals surface area (Å²) < 4.78 is 17.6. The zero-order valence-electron chi connectivity index (χ0n) is 18.4. The number of piperidine rings is 1. The van der Waals surface area contributed by atoms with Gasteiger partial charge in [-0.2, -0.15) is 4.98 Å². The highest BCUT2D eigenvalue weighted by molar-refractivity contribution is 5.75. The standard InChI is InChI=1S/C22H26FN7O2/c1-4-5-11-29-18-19(26-21(29)28-10-6-7-16(24)13-28)27(3)22(32)30(20(18)31)14(2)17-9-8-15(23)12-25-17/h8-9,12,14,16H,6-7,10-11,13,24H2,1-3H3/t14?,16-/m1/s1. The summed E-state index contributed by atoms with van der Waals surface area (Å²) in [5, 5.41) is 0. The first kappa shape index (κ1) is 21.8. The zero-order valence-corrected chi connectivity index (χ0v) is 18.4. The fourth-order valence-electron chi connectivity index (χ4n) is 4.18. The molecule has 1 aliphatic rings. The van der Waals surface area contributed by atoms with Crippen molar-refractivity contribution in [2.45, 2.75) is 45.3 Å². The summed E-state index contributed by atoms with van der Waals surface area (Å²) in [6, 6.07) is 2.04. The number of aryl methyl sites for hydroxylation is 1. The maximum absolute atomic E-state index is 13.6. The normalized spacial score (nSPS) is 17.3. The Morgan fingerprint density at radius 3 is 2.78 bits per heavy atom. The van der Waals surface area contributed by atoms with E-state index in [9.17, 15) is 14.0 Å². The Balaban J connectivity index is 1.96. The SMILES string of the molecule is CC#CCn1c(N2CCC[C@@H](N)C2)nc2c1c(=O)n(C(C)c1ccc(F)cn1)c(=O)n2C. The highest BCUT2D eigenvalue weighted by atomic mass is 19.1. The number of pyridine rings is 1. The molecule has 3 aromatic rings. The van der Waals surface area contributed by atoms with Crippen LogP contribution in [0.2, 0.25) is 0 Å². The van der Waals surface area contributed by atoms with Crippen molar-refractivity contribution in [1.82, 2.24) is 23.7 Å². The fourth-order valence-corrected chi connectivity index (χ4v) is 4.18. The predicted octanol–water partition coefficient (Wildman–Crippen LogP) is 0.991. The molecule has 3 aromatic heterocycles. The van der Waals surface area contributed by atoms with Gasteiger partial charge in [0, 0.05) is 26.2 Å². The summed E-state index contributed by atoms with van der Waals surface area (Å²) in [6.07, 6.45) is 2.91. The topological polar surface area (TPSA) is 104 Å². The molecule has 0 aromatic carbocycles. The summed E-state index contributed by atoms with van der Waals surface area (Å²) >= 11 is 0. The molecule has 32 heavy (non-hydrogen) atoms. The van der Waals surface area contributed by atoms with Crippen LogP contribution in [0.1, 0.15) is 38.4 Å². The molecule has 9 nitrogen and oxygen atoms in total. The minimum absolute atomic E-state index is 0.0133. The minimum atomic E-state index is -0.696. The summed E-state index contributed by atoms with van der Waals surface area (Å²) in [7, 11) is 1.58. The molecule has 0 bridgehead atoms. The molecule has 4 heterocycles. The summed E-state index contributed by atoms with van der Waals surface area (Å²) in [4.78, 5) is 37.6. The number of hydrogen-bond acceptors (Lipinski definition) is 6.